The van der Waals surface area contributed by atoms with E-state index in [9.17, 15) is 24.8 Å². The van der Waals surface area contributed by atoms with Gasteiger partial charge in [-0.3, -0.25) is 10.1 Å². The number of carbonyl (C=O) groups is 2. The second-order valence-electron chi connectivity index (χ2n) is 6.51. The average Bonchev–Trinajstić information content (AvgIpc) is 2.73. The van der Waals surface area contributed by atoms with Crippen LogP contribution in [0.4, 0.5) is 16.2 Å². The van der Waals surface area contributed by atoms with Crippen molar-refractivity contribution in [2.75, 3.05) is 11.9 Å². The van der Waals surface area contributed by atoms with E-state index in [-0.39, 0.29) is 12.3 Å². The molecular weight excluding hydrogens is 392 g/mol. The number of aliphatic carboxylic acids is 1. The highest BCUT2D eigenvalue weighted by atomic mass is 16.6. The number of amides is 2. The van der Waals surface area contributed by atoms with Gasteiger partial charge < -0.3 is 26.2 Å². The van der Waals surface area contributed by atoms with Gasteiger partial charge in [-0.1, -0.05) is 0 Å². The molecule has 2 aromatic carbocycles. The molecule has 0 saturated carbocycles. The topological polar surface area (TPSA) is 157 Å². The van der Waals surface area contributed by atoms with Crippen LogP contribution in [0, 0.1) is 10.1 Å². The molecule has 0 radical (unpaired) electrons. The number of rotatable bonds is 11. The number of benzene rings is 2. The Kier molecular flexibility index (Phi) is 8.57. The van der Waals surface area contributed by atoms with Crippen molar-refractivity contribution in [1.82, 2.24) is 5.32 Å². The van der Waals surface area contributed by atoms with Gasteiger partial charge in [0.05, 0.1) is 4.92 Å². The Morgan fingerprint density at radius 3 is 2.33 bits per heavy atom. The van der Waals surface area contributed by atoms with Gasteiger partial charge in [0.15, 0.2) is 0 Å². The molecule has 0 aromatic heterocycles. The van der Waals surface area contributed by atoms with Crippen LogP contribution in [-0.2, 0) is 11.4 Å². The lowest BCUT2D eigenvalue weighted by Crippen LogP contribution is -2.43. The molecule has 0 heterocycles. The highest BCUT2D eigenvalue weighted by Crippen LogP contribution is 2.18. The monoisotopic (exact) mass is 416 g/mol. The maximum atomic E-state index is 12.0. The van der Waals surface area contributed by atoms with E-state index >= 15 is 0 Å². The summed E-state index contributed by atoms with van der Waals surface area (Å²) in [5.74, 6) is -0.554. The second kappa shape index (κ2) is 11.4. The van der Waals surface area contributed by atoms with E-state index in [1.165, 1.54) is 12.1 Å². The first-order chi connectivity index (χ1) is 14.4. The molecule has 0 unspecified atom stereocenters. The third-order valence-electron chi connectivity index (χ3n) is 4.22. The highest BCUT2D eigenvalue weighted by Gasteiger charge is 2.19. The number of carboxylic acid groups (broad SMARTS) is 1. The minimum Gasteiger partial charge on any atom is -0.489 e. The van der Waals surface area contributed by atoms with E-state index in [0.29, 0.717) is 37.2 Å². The van der Waals surface area contributed by atoms with Crippen LogP contribution in [0.5, 0.6) is 5.75 Å². The summed E-state index contributed by atoms with van der Waals surface area (Å²) in [5.41, 5.74) is 6.66. The van der Waals surface area contributed by atoms with Gasteiger partial charge in [-0.2, -0.15) is 0 Å². The summed E-state index contributed by atoms with van der Waals surface area (Å²) in [7, 11) is 0. The Balaban J connectivity index is 1.83. The maximum Gasteiger partial charge on any atom is 0.326 e. The lowest BCUT2D eigenvalue weighted by Gasteiger charge is -2.15. The van der Waals surface area contributed by atoms with E-state index in [1.54, 1.807) is 36.4 Å². The van der Waals surface area contributed by atoms with Crippen molar-refractivity contribution >= 4 is 23.4 Å². The fourth-order valence-corrected chi connectivity index (χ4v) is 2.59. The number of nitrogens with one attached hydrogen (secondary N) is 2. The van der Waals surface area contributed by atoms with Gasteiger partial charge in [-0.05, 0) is 67.8 Å². The number of nitrogens with zero attached hydrogens (tertiary/aromatic N) is 1. The number of nitro groups is 1. The molecule has 0 aliphatic carbocycles. The molecule has 10 heteroatoms. The molecule has 0 aliphatic rings. The number of ether oxygens (including phenoxy) is 1. The summed E-state index contributed by atoms with van der Waals surface area (Å²) < 4.78 is 5.62. The number of carbonyl (C=O) groups excluding carboxylic acids is 1. The molecular formula is C20H24N4O6. The first kappa shape index (κ1) is 22.6. The lowest BCUT2D eigenvalue weighted by atomic mass is 10.1. The largest absolute Gasteiger partial charge is 0.489 e. The Labute approximate surface area is 173 Å². The van der Waals surface area contributed by atoms with Crippen molar-refractivity contribution in [3.8, 4) is 5.75 Å². The molecule has 10 nitrogen and oxygen atoms in total. The van der Waals surface area contributed by atoms with Crippen LogP contribution in [0.15, 0.2) is 48.5 Å². The van der Waals surface area contributed by atoms with E-state index in [4.69, 9.17) is 10.5 Å². The molecule has 30 heavy (non-hydrogen) atoms. The third-order valence-corrected chi connectivity index (χ3v) is 4.22. The van der Waals surface area contributed by atoms with Crippen LogP contribution in [0.2, 0.25) is 0 Å². The average molecular weight is 416 g/mol. The van der Waals surface area contributed by atoms with Gasteiger partial charge in [0.2, 0.25) is 0 Å². The number of carboxylic acids is 1. The van der Waals surface area contributed by atoms with Crippen LogP contribution in [0.3, 0.4) is 0 Å². The zero-order valence-electron chi connectivity index (χ0n) is 16.2. The molecule has 2 amide bonds. The second-order valence-corrected chi connectivity index (χ2v) is 6.51. The van der Waals surface area contributed by atoms with Crippen molar-refractivity contribution in [3.63, 3.8) is 0 Å². The zero-order valence-corrected chi connectivity index (χ0v) is 16.2. The molecule has 5 N–H and O–H groups in total. The molecule has 160 valence electrons. The Hall–Kier alpha value is -3.66. The minimum atomic E-state index is -1.10. The number of anilines is 1. The predicted molar refractivity (Wildman–Crippen MR) is 110 cm³/mol. The fourth-order valence-electron chi connectivity index (χ4n) is 2.59. The van der Waals surface area contributed by atoms with E-state index < -0.39 is 23.0 Å². The van der Waals surface area contributed by atoms with Gasteiger partial charge in [0, 0.05) is 17.8 Å². The molecule has 0 bridgehead atoms. The van der Waals surface area contributed by atoms with Gasteiger partial charge in [0.1, 0.15) is 18.4 Å². The molecule has 0 saturated heterocycles. The summed E-state index contributed by atoms with van der Waals surface area (Å²) in [6, 6.07) is 11.0. The van der Waals surface area contributed by atoms with Crippen molar-refractivity contribution in [2.24, 2.45) is 5.73 Å². The summed E-state index contributed by atoms with van der Waals surface area (Å²) in [6.45, 7) is 0.700. The molecule has 0 spiro atoms. The van der Waals surface area contributed by atoms with Crippen molar-refractivity contribution < 1.29 is 24.4 Å². The molecule has 2 rings (SSSR count). The standard InChI is InChI=1S/C20H24N4O6/c21-12-2-1-3-18(19(25)26)23-20(27)22-15-6-10-17(11-7-15)30-13-14-4-8-16(9-5-14)24(28)29/h4-11,18H,1-3,12-13,21H2,(H,25,26)(H2,22,23,27)/t18-/m0/s1. The van der Waals surface area contributed by atoms with Gasteiger partial charge in [-0.15, -0.1) is 0 Å². The zero-order chi connectivity index (χ0) is 21.9. The van der Waals surface area contributed by atoms with Gasteiger partial charge in [-0.25, -0.2) is 9.59 Å². The van der Waals surface area contributed by atoms with Crippen LogP contribution >= 0.6 is 0 Å². The van der Waals surface area contributed by atoms with Crippen LogP contribution in [0.25, 0.3) is 0 Å². The number of hydrogen-bond donors (Lipinski definition) is 4. The summed E-state index contributed by atoms with van der Waals surface area (Å²) in [4.78, 5) is 33.5. The molecule has 2 aromatic rings. The SMILES string of the molecule is NCCCC[C@H](NC(=O)Nc1ccc(OCc2ccc([N+](=O)[O-])cc2)cc1)C(=O)O. The quantitative estimate of drug-likeness (QED) is 0.249. The van der Waals surface area contributed by atoms with Crippen LogP contribution in [0.1, 0.15) is 24.8 Å². The van der Waals surface area contributed by atoms with Crippen molar-refractivity contribution in [1.29, 1.82) is 0 Å². The first-order valence-corrected chi connectivity index (χ1v) is 9.35. The summed E-state index contributed by atoms with van der Waals surface area (Å²) >= 11 is 0. The Bertz CT molecular complexity index is 855. The van der Waals surface area contributed by atoms with Crippen LogP contribution < -0.4 is 21.1 Å². The van der Waals surface area contributed by atoms with E-state index in [1.807, 2.05) is 0 Å². The number of urea groups is 1. The fraction of sp³-hybridized carbons (Fsp3) is 0.300. The first-order valence-electron chi connectivity index (χ1n) is 9.35. The minimum absolute atomic E-state index is 0.0111. The van der Waals surface area contributed by atoms with Gasteiger partial charge >= 0.3 is 12.0 Å². The number of non-ortho nitro benzene ring substituents is 1. The Morgan fingerprint density at radius 2 is 1.77 bits per heavy atom. The number of nitrogens with two attached hydrogens (primary N) is 1. The smallest absolute Gasteiger partial charge is 0.326 e. The molecule has 0 fully saturated rings. The predicted octanol–water partition coefficient (Wildman–Crippen LogP) is 2.88. The van der Waals surface area contributed by atoms with Crippen molar-refractivity contribution in [2.45, 2.75) is 31.9 Å². The highest BCUT2D eigenvalue weighted by molar-refractivity contribution is 5.92. The normalized spacial score (nSPS) is 11.4. The molecule has 0 aliphatic heterocycles. The summed E-state index contributed by atoms with van der Waals surface area (Å²) in [5, 5.41) is 24.9. The van der Waals surface area contributed by atoms with E-state index in [2.05, 4.69) is 10.6 Å². The number of hydrogen-bond acceptors (Lipinski definition) is 6. The number of unbranched alkanes of at least 4 members (excludes halogenated alkanes) is 1. The van der Waals surface area contributed by atoms with Gasteiger partial charge in [0.25, 0.3) is 5.69 Å². The third kappa shape index (κ3) is 7.40. The Morgan fingerprint density at radius 1 is 1.10 bits per heavy atom. The lowest BCUT2D eigenvalue weighted by molar-refractivity contribution is -0.384. The molecule has 1 atom stereocenters. The number of nitro benzene ring substituents is 1. The maximum absolute atomic E-state index is 12.0. The van der Waals surface area contributed by atoms with E-state index in [0.717, 1.165) is 5.56 Å². The van der Waals surface area contributed by atoms with Crippen LogP contribution in [-0.4, -0.2) is 34.6 Å². The van der Waals surface area contributed by atoms with Crippen molar-refractivity contribution in [3.05, 3.63) is 64.2 Å². The summed E-state index contributed by atoms with van der Waals surface area (Å²) in [6.07, 6.45) is 1.60.